The van der Waals surface area contributed by atoms with Crippen LogP contribution in [0.1, 0.15) is 29.6 Å². The molecule has 0 N–H and O–H groups in total. The number of ether oxygens (including phenoxy) is 2. The molecule has 25 heavy (non-hydrogen) atoms. The number of likely N-dealkylation sites (tertiary alicyclic amines) is 1. The van der Waals surface area contributed by atoms with Crippen LogP contribution in [0.15, 0.2) is 24.3 Å². The summed E-state index contributed by atoms with van der Waals surface area (Å²) in [6.07, 6.45) is 3.13. The molecule has 6 nitrogen and oxygen atoms in total. The minimum absolute atomic E-state index is 0.0288. The molecule has 3 rings (SSSR count). The third-order valence-electron chi connectivity index (χ3n) is 5.10. The number of para-hydroxylation sites is 1. The molecule has 136 valence electrons. The van der Waals surface area contributed by atoms with Crippen LogP contribution in [-0.4, -0.2) is 68.6 Å². The third-order valence-corrected chi connectivity index (χ3v) is 5.10. The minimum atomic E-state index is -0.137. The summed E-state index contributed by atoms with van der Waals surface area (Å²) < 4.78 is 11.2. The Labute approximate surface area is 148 Å². The smallest absolute Gasteiger partial charge is 0.259 e. The van der Waals surface area contributed by atoms with Crippen LogP contribution in [0.25, 0.3) is 0 Å². The van der Waals surface area contributed by atoms with E-state index in [2.05, 4.69) is 0 Å². The van der Waals surface area contributed by atoms with Crippen LogP contribution >= 0.6 is 0 Å². The summed E-state index contributed by atoms with van der Waals surface area (Å²) in [4.78, 5) is 28.2. The summed E-state index contributed by atoms with van der Waals surface area (Å²) in [5.74, 6) is 0.297. The maximum Gasteiger partial charge on any atom is 0.259 e. The first-order valence-electron chi connectivity index (χ1n) is 8.80. The van der Waals surface area contributed by atoms with Crippen molar-refractivity contribution in [1.29, 1.82) is 0 Å². The number of piperidine rings is 1. The Balaban J connectivity index is 1.72. The first-order chi connectivity index (χ1) is 12.0. The molecule has 2 saturated heterocycles. The van der Waals surface area contributed by atoms with Crippen molar-refractivity contribution < 1.29 is 19.1 Å². The Morgan fingerprint density at radius 2 is 2.08 bits per heavy atom. The molecular weight excluding hydrogens is 320 g/mol. The number of hydrogen-bond donors (Lipinski definition) is 0. The zero-order chi connectivity index (χ0) is 17.9. The highest BCUT2D eigenvalue weighted by molar-refractivity contribution is 5.97. The van der Waals surface area contributed by atoms with Gasteiger partial charge in [-0.25, -0.2) is 0 Å². The van der Waals surface area contributed by atoms with Gasteiger partial charge in [0.1, 0.15) is 5.75 Å². The molecular formula is C19H26N2O4. The topological polar surface area (TPSA) is 59.1 Å². The Kier molecular flexibility index (Phi) is 5.27. The average molecular weight is 346 g/mol. The summed E-state index contributed by atoms with van der Waals surface area (Å²) >= 11 is 0. The van der Waals surface area contributed by atoms with Crippen LogP contribution in [0.3, 0.4) is 0 Å². The predicted molar refractivity (Wildman–Crippen MR) is 93.6 cm³/mol. The molecule has 0 bridgehead atoms. The van der Waals surface area contributed by atoms with Crippen LogP contribution in [0.5, 0.6) is 5.75 Å². The summed E-state index contributed by atoms with van der Waals surface area (Å²) in [6.45, 7) is 2.94. The van der Waals surface area contributed by atoms with Crippen molar-refractivity contribution in [3.05, 3.63) is 29.8 Å². The standard InChI is InChI=1S/C19H26N2O4/c1-20(2)17(22)12-25-16-7-4-3-6-15(16)18(23)21-10-5-8-19(13-21)9-11-24-14-19/h3-4,6-7H,5,8-14H2,1-2H3. The molecule has 0 saturated carbocycles. The van der Waals surface area contributed by atoms with Crippen molar-refractivity contribution in [1.82, 2.24) is 9.80 Å². The molecule has 1 aromatic carbocycles. The van der Waals surface area contributed by atoms with E-state index in [1.807, 2.05) is 17.0 Å². The highest BCUT2D eigenvalue weighted by atomic mass is 16.5. The fraction of sp³-hybridized carbons (Fsp3) is 0.579. The summed E-state index contributed by atoms with van der Waals surface area (Å²) in [7, 11) is 3.36. The number of amides is 2. The molecule has 6 heteroatoms. The zero-order valence-electron chi connectivity index (χ0n) is 15.0. The third kappa shape index (κ3) is 3.95. The van der Waals surface area contributed by atoms with Gasteiger partial charge in [0.15, 0.2) is 6.61 Å². The van der Waals surface area contributed by atoms with Gasteiger partial charge in [-0.05, 0) is 31.4 Å². The highest BCUT2D eigenvalue weighted by Crippen LogP contribution is 2.38. The van der Waals surface area contributed by atoms with Crippen molar-refractivity contribution in [2.45, 2.75) is 19.3 Å². The molecule has 2 aliphatic rings. The Hall–Kier alpha value is -2.08. The average Bonchev–Trinajstić information content (AvgIpc) is 3.06. The second-order valence-corrected chi connectivity index (χ2v) is 7.21. The van der Waals surface area contributed by atoms with E-state index in [1.54, 1.807) is 26.2 Å². The minimum Gasteiger partial charge on any atom is -0.483 e. The molecule has 1 unspecified atom stereocenters. The van der Waals surface area contributed by atoms with E-state index in [0.717, 1.165) is 45.6 Å². The molecule has 2 aliphatic heterocycles. The summed E-state index contributed by atoms with van der Waals surface area (Å²) in [6, 6.07) is 7.15. The molecule has 2 amide bonds. The molecule has 0 radical (unpaired) electrons. The van der Waals surface area contributed by atoms with E-state index in [9.17, 15) is 9.59 Å². The monoisotopic (exact) mass is 346 g/mol. The lowest BCUT2D eigenvalue weighted by molar-refractivity contribution is -0.130. The second kappa shape index (κ2) is 7.44. The molecule has 1 aromatic rings. The number of carbonyl (C=O) groups excluding carboxylic acids is 2. The Morgan fingerprint density at radius 1 is 1.28 bits per heavy atom. The first kappa shape index (κ1) is 17.7. The number of carbonyl (C=O) groups is 2. The Morgan fingerprint density at radius 3 is 2.80 bits per heavy atom. The fourth-order valence-corrected chi connectivity index (χ4v) is 3.56. The fourth-order valence-electron chi connectivity index (χ4n) is 3.56. The van der Waals surface area contributed by atoms with Crippen molar-refractivity contribution in [3.63, 3.8) is 0 Å². The van der Waals surface area contributed by atoms with Crippen LogP contribution in [-0.2, 0) is 9.53 Å². The lowest BCUT2D eigenvalue weighted by Crippen LogP contribution is -2.46. The van der Waals surface area contributed by atoms with E-state index in [4.69, 9.17) is 9.47 Å². The van der Waals surface area contributed by atoms with Crippen molar-refractivity contribution in [3.8, 4) is 5.75 Å². The number of likely N-dealkylation sites (N-methyl/N-ethyl adjacent to an activating group) is 1. The lowest BCUT2D eigenvalue weighted by Gasteiger charge is -2.39. The van der Waals surface area contributed by atoms with Gasteiger partial charge in [0.25, 0.3) is 11.8 Å². The quantitative estimate of drug-likeness (QED) is 0.834. The van der Waals surface area contributed by atoms with Crippen LogP contribution in [0, 0.1) is 5.41 Å². The molecule has 1 spiro atoms. The second-order valence-electron chi connectivity index (χ2n) is 7.21. The van der Waals surface area contributed by atoms with Crippen LogP contribution in [0.4, 0.5) is 0 Å². The van der Waals surface area contributed by atoms with Gasteiger partial charge in [0.05, 0.1) is 12.2 Å². The summed E-state index contributed by atoms with van der Waals surface area (Å²) in [5.41, 5.74) is 0.634. The van der Waals surface area contributed by atoms with Gasteiger partial charge in [-0.2, -0.15) is 0 Å². The number of hydrogen-bond acceptors (Lipinski definition) is 4. The van der Waals surface area contributed by atoms with Crippen molar-refractivity contribution >= 4 is 11.8 Å². The predicted octanol–water partition coefficient (Wildman–Crippen LogP) is 1.80. The van der Waals surface area contributed by atoms with E-state index < -0.39 is 0 Å². The number of rotatable bonds is 4. The van der Waals surface area contributed by atoms with Gasteiger partial charge < -0.3 is 19.3 Å². The molecule has 0 aromatic heterocycles. The van der Waals surface area contributed by atoms with Crippen molar-refractivity contribution in [2.24, 2.45) is 5.41 Å². The first-order valence-corrected chi connectivity index (χ1v) is 8.80. The van der Waals surface area contributed by atoms with E-state index >= 15 is 0 Å². The Bertz CT molecular complexity index is 638. The SMILES string of the molecule is CN(C)C(=O)COc1ccccc1C(=O)N1CCCC2(CCOC2)C1. The van der Waals surface area contributed by atoms with E-state index in [0.29, 0.717) is 11.3 Å². The molecule has 1 atom stereocenters. The molecule has 0 aliphatic carbocycles. The summed E-state index contributed by atoms with van der Waals surface area (Å²) in [5, 5.41) is 0. The van der Waals surface area contributed by atoms with E-state index in [1.165, 1.54) is 4.90 Å². The van der Waals surface area contributed by atoms with Crippen LogP contribution < -0.4 is 4.74 Å². The number of nitrogens with zero attached hydrogens (tertiary/aromatic N) is 2. The lowest BCUT2D eigenvalue weighted by atomic mass is 9.79. The van der Waals surface area contributed by atoms with Gasteiger partial charge in [-0.15, -0.1) is 0 Å². The van der Waals surface area contributed by atoms with Gasteiger partial charge in [0, 0.05) is 39.2 Å². The van der Waals surface area contributed by atoms with E-state index in [-0.39, 0.29) is 23.8 Å². The largest absolute Gasteiger partial charge is 0.483 e. The number of benzene rings is 1. The zero-order valence-corrected chi connectivity index (χ0v) is 15.0. The van der Waals surface area contributed by atoms with Gasteiger partial charge in [-0.3, -0.25) is 9.59 Å². The highest BCUT2D eigenvalue weighted by Gasteiger charge is 2.40. The van der Waals surface area contributed by atoms with Crippen molar-refractivity contribution in [2.75, 3.05) is 47.0 Å². The van der Waals surface area contributed by atoms with Crippen LogP contribution in [0.2, 0.25) is 0 Å². The molecule has 2 fully saturated rings. The van der Waals surface area contributed by atoms with Gasteiger partial charge in [-0.1, -0.05) is 12.1 Å². The van der Waals surface area contributed by atoms with Gasteiger partial charge in [0.2, 0.25) is 0 Å². The molecule has 2 heterocycles. The van der Waals surface area contributed by atoms with Gasteiger partial charge >= 0.3 is 0 Å². The maximum atomic E-state index is 13.0. The maximum absolute atomic E-state index is 13.0. The normalized spacial score (nSPS) is 22.9.